The topological polar surface area (TPSA) is 46.1 Å². The van der Waals surface area contributed by atoms with Gasteiger partial charge in [-0.15, -0.1) is 0 Å². The van der Waals surface area contributed by atoms with E-state index in [1.54, 1.807) is 0 Å². The van der Waals surface area contributed by atoms with E-state index < -0.39 is 0 Å². The summed E-state index contributed by atoms with van der Waals surface area (Å²) in [5, 5.41) is 3.48. The molecular formula is C22H35N3O2. The largest absolute Gasteiger partial charge is 0.375 e. The highest BCUT2D eigenvalue weighted by Crippen LogP contribution is 2.23. The molecule has 0 aliphatic carbocycles. The molecule has 3 rings (SSSR count). The van der Waals surface area contributed by atoms with E-state index in [1.165, 1.54) is 5.56 Å². The molecule has 0 aromatic heterocycles. The summed E-state index contributed by atoms with van der Waals surface area (Å²) in [6.07, 6.45) is 3.67. The van der Waals surface area contributed by atoms with Crippen molar-refractivity contribution in [3.63, 3.8) is 0 Å². The zero-order chi connectivity index (χ0) is 19.1. The predicted molar refractivity (Wildman–Crippen MR) is 110 cm³/mol. The Labute approximate surface area is 164 Å². The Kier molecular flexibility index (Phi) is 7.13. The minimum atomic E-state index is 0.113. The van der Waals surface area contributed by atoms with Crippen LogP contribution in [-0.2, 0) is 15.9 Å². The molecule has 2 fully saturated rings. The van der Waals surface area contributed by atoms with Crippen LogP contribution in [0.4, 0.5) is 0 Å². The van der Waals surface area contributed by atoms with Crippen LogP contribution in [0.15, 0.2) is 35.3 Å². The summed E-state index contributed by atoms with van der Waals surface area (Å²) in [4.78, 5) is 7.35. The van der Waals surface area contributed by atoms with E-state index in [4.69, 9.17) is 14.5 Å². The van der Waals surface area contributed by atoms with Crippen LogP contribution in [0.25, 0.3) is 0 Å². The fourth-order valence-corrected chi connectivity index (χ4v) is 3.91. The molecule has 0 spiro atoms. The average Bonchev–Trinajstić information content (AvgIpc) is 3.20. The molecule has 5 heteroatoms. The first-order chi connectivity index (χ1) is 13.1. The van der Waals surface area contributed by atoms with Crippen molar-refractivity contribution in [1.29, 1.82) is 0 Å². The van der Waals surface area contributed by atoms with E-state index in [-0.39, 0.29) is 17.6 Å². The summed E-state index contributed by atoms with van der Waals surface area (Å²) in [7, 11) is 0. The van der Waals surface area contributed by atoms with Crippen LogP contribution < -0.4 is 5.32 Å². The van der Waals surface area contributed by atoms with E-state index in [1.807, 2.05) is 0 Å². The van der Waals surface area contributed by atoms with Gasteiger partial charge in [-0.25, -0.2) is 0 Å². The Morgan fingerprint density at radius 3 is 2.67 bits per heavy atom. The maximum atomic E-state index is 6.00. The second-order valence-electron chi connectivity index (χ2n) is 8.40. The minimum absolute atomic E-state index is 0.113. The van der Waals surface area contributed by atoms with E-state index in [0.717, 1.165) is 64.6 Å². The van der Waals surface area contributed by atoms with Crippen LogP contribution in [0.3, 0.4) is 0 Å². The Balaban J connectivity index is 1.62. The van der Waals surface area contributed by atoms with Crippen molar-refractivity contribution in [1.82, 2.24) is 10.2 Å². The molecule has 0 radical (unpaired) electrons. The Morgan fingerprint density at radius 2 is 1.96 bits per heavy atom. The number of benzene rings is 1. The van der Waals surface area contributed by atoms with Crippen molar-refractivity contribution in [2.75, 3.05) is 39.4 Å². The molecule has 2 aliphatic rings. The van der Waals surface area contributed by atoms with Gasteiger partial charge in [-0.3, -0.25) is 4.99 Å². The molecule has 1 N–H and O–H groups in total. The van der Waals surface area contributed by atoms with E-state index in [9.17, 15) is 0 Å². The lowest BCUT2D eigenvalue weighted by Crippen LogP contribution is -2.53. The number of ether oxygens (including phenoxy) is 2. The summed E-state index contributed by atoms with van der Waals surface area (Å²) in [6, 6.07) is 10.7. The zero-order valence-corrected chi connectivity index (χ0v) is 17.1. The second-order valence-corrected chi connectivity index (χ2v) is 8.40. The Bertz CT molecular complexity index is 597. The molecule has 27 heavy (non-hydrogen) atoms. The van der Waals surface area contributed by atoms with E-state index in [2.05, 4.69) is 61.3 Å². The first-order valence-corrected chi connectivity index (χ1v) is 10.4. The van der Waals surface area contributed by atoms with Crippen LogP contribution >= 0.6 is 0 Å². The third-order valence-electron chi connectivity index (χ3n) is 5.29. The van der Waals surface area contributed by atoms with Crippen molar-refractivity contribution in [3.8, 4) is 0 Å². The molecule has 0 saturated carbocycles. The lowest BCUT2D eigenvalue weighted by atomic mass is 9.86. The van der Waals surface area contributed by atoms with E-state index >= 15 is 0 Å². The molecule has 1 aromatic rings. The van der Waals surface area contributed by atoms with Gasteiger partial charge in [0.05, 0.1) is 12.7 Å². The van der Waals surface area contributed by atoms with Crippen LogP contribution in [0.1, 0.15) is 39.2 Å². The number of hydrogen-bond acceptors (Lipinski definition) is 3. The van der Waals surface area contributed by atoms with Gasteiger partial charge in [0.25, 0.3) is 0 Å². The van der Waals surface area contributed by atoms with E-state index in [0.29, 0.717) is 0 Å². The van der Waals surface area contributed by atoms with Gasteiger partial charge in [-0.05, 0) is 37.2 Å². The average molecular weight is 374 g/mol. The molecule has 1 aromatic carbocycles. The van der Waals surface area contributed by atoms with Crippen LogP contribution in [0, 0.1) is 5.41 Å². The molecule has 0 bridgehead atoms. The Morgan fingerprint density at radius 1 is 1.19 bits per heavy atom. The van der Waals surface area contributed by atoms with Gasteiger partial charge in [0, 0.05) is 32.8 Å². The molecule has 2 atom stereocenters. The molecule has 0 amide bonds. The van der Waals surface area contributed by atoms with Crippen LogP contribution in [-0.4, -0.2) is 62.5 Å². The van der Waals surface area contributed by atoms with Crippen molar-refractivity contribution < 1.29 is 9.47 Å². The summed E-state index contributed by atoms with van der Waals surface area (Å²) < 4.78 is 11.8. The first-order valence-electron chi connectivity index (χ1n) is 10.4. The van der Waals surface area contributed by atoms with Crippen molar-refractivity contribution in [3.05, 3.63) is 35.9 Å². The fourth-order valence-electron chi connectivity index (χ4n) is 3.91. The van der Waals surface area contributed by atoms with Gasteiger partial charge in [0.15, 0.2) is 5.96 Å². The monoisotopic (exact) mass is 373 g/mol. The summed E-state index contributed by atoms with van der Waals surface area (Å²) in [6.45, 7) is 11.7. The lowest BCUT2D eigenvalue weighted by Gasteiger charge is -2.37. The number of morpholine rings is 1. The molecular weight excluding hydrogens is 338 g/mol. The highest BCUT2D eigenvalue weighted by Gasteiger charge is 2.32. The Hall–Kier alpha value is -1.59. The number of nitrogens with one attached hydrogen (secondary N) is 1. The second kappa shape index (κ2) is 9.56. The summed E-state index contributed by atoms with van der Waals surface area (Å²) in [5.74, 6) is 1.00. The summed E-state index contributed by atoms with van der Waals surface area (Å²) in [5.41, 5.74) is 1.48. The van der Waals surface area contributed by atoms with Crippen LogP contribution in [0.2, 0.25) is 0 Å². The van der Waals surface area contributed by atoms with Crippen molar-refractivity contribution in [2.24, 2.45) is 10.4 Å². The SMILES string of the molecule is CCNC(=NCC(C)(C)Cc1ccccc1)N1CCOC(C2CCCO2)C1. The standard InChI is InChI=1S/C22H35N3O2/c1-4-23-21(24-17-22(2,3)15-18-9-6-5-7-10-18)25-12-14-27-20(16-25)19-11-8-13-26-19/h5-7,9-10,19-20H,4,8,11-17H2,1-3H3,(H,23,24). The molecule has 2 saturated heterocycles. The molecule has 150 valence electrons. The molecule has 2 unspecified atom stereocenters. The molecule has 5 nitrogen and oxygen atoms in total. The normalized spacial score (nSPS) is 24.3. The highest BCUT2D eigenvalue weighted by molar-refractivity contribution is 5.80. The zero-order valence-electron chi connectivity index (χ0n) is 17.1. The first kappa shape index (κ1) is 20.2. The van der Waals surface area contributed by atoms with Crippen molar-refractivity contribution in [2.45, 2.75) is 52.2 Å². The summed E-state index contributed by atoms with van der Waals surface area (Å²) >= 11 is 0. The van der Waals surface area contributed by atoms with Gasteiger partial charge < -0.3 is 19.7 Å². The lowest BCUT2D eigenvalue weighted by molar-refractivity contribution is -0.0817. The number of hydrogen-bond donors (Lipinski definition) is 1. The number of nitrogens with zero attached hydrogens (tertiary/aromatic N) is 2. The van der Waals surface area contributed by atoms with Gasteiger partial charge in [0.2, 0.25) is 0 Å². The third-order valence-corrected chi connectivity index (χ3v) is 5.29. The third kappa shape index (κ3) is 5.94. The quantitative estimate of drug-likeness (QED) is 0.615. The van der Waals surface area contributed by atoms with Crippen molar-refractivity contribution >= 4 is 5.96 Å². The number of guanidine groups is 1. The molecule has 2 aliphatic heterocycles. The maximum absolute atomic E-state index is 6.00. The highest BCUT2D eigenvalue weighted by atomic mass is 16.5. The van der Waals surface area contributed by atoms with Gasteiger partial charge in [-0.1, -0.05) is 44.2 Å². The van der Waals surface area contributed by atoms with Gasteiger partial charge in [0.1, 0.15) is 6.10 Å². The number of aliphatic imine (C=N–C) groups is 1. The predicted octanol–water partition coefficient (Wildman–Crippen LogP) is 3.10. The van der Waals surface area contributed by atoms with Gasteiger partial charge >= 0.3 is 0 Å². The minimum Gasteiger partial charge on any atom is -0.375 e. The smallest absolute Gasteiger partial charge is 0.194 e. The fraction of sp³-hybridized carbons (Fsp3) is 0.682. The molecule has 2 heterocycles. The van der Waals surface area contributed by atoms with Gasteiger partial charge in [-0.2, -0.15) is 0 Å². The maximum Gasteiger partial charge on any atom is 0.194 e. The number of rotatable bonds is 6. The van der Waals surface area contributed by atoms with Crippen LogP contribution in [0.5, 0.6) is 0 Å².